The van der Waals surface area contributed by atoms with E-state index in [0.717, 1.165) is 49.4 Å². The van der Waals surface area contributed by atoms with Gasteiger partial charge in [0.2, 0.25) is 0 Å². The molecule has 1 aromatic rings. The maximum absolute atomic E-state index is 11.3. The predicted molar refractivity (Wildman–Crippen MR) is 92.6 cm³/mol. The smallest absolute Gasteiger partial charge is 0.149 e. The molecule has 3 rings (SSSR count). The fraction of sp³-hybridized carbons (Fsp3) is 0.562. The van der Waals surface area contributed by atoms with Crippen LogP contribution in [0.3, 0.4) is 0 Å². The van der Waals surface area contributed by atoms with Gasteiger partial charge in [0.05, 0.1) is 0 Å². The molecule has 6 heteroatoms. The monoisotopic (exact) mass is 344 g/mol. The van der Waals surface area contributed by atoms with Gasteiger partial charge in [-0.1, -0.05) is 11.6 Å². The summed E-state index contributed by atoms with van der Waals surface area (Å²) in [5.74, 6) is 0.795. The van der Waals surface area contributed by atoms with Crippen LogP contribution in [0.15, 0.2) is 23.2 Å². The average Bonchev–Trinajstić information content (AvgIpc) is 2.74. The third-order valence-electron chi connectivity index (χ3n) is 4.26. The van der Waals surface area contributed by atoms with E-state index < -0.39 is 5.60 Å². The van der Waals surface area contributed by atoms with Gasteiger partial charge in [-0.2, -0.15) is 0 Å². The summed E-state index contributed by atoms with van der Waals surface area (Å²) >= 11 is 6.14. The van der Waals surface area contributed by atoms with Gasteiger partial charge in [-0.15, -0.1) is 12.4 Å². The zero-order valence-corrected chi connectivity index (χ0v) is 14.3. The molecule has 0 aromatic heterocycles. The van der Waals surface area contributed by atoms with Crippen LogP contribution in [-0.2, 0) is 10.3 Å². The van der Waals surface area contributed by atoms with Crippen molar-refractivity contribution in [2.75, 3.05) is 31.7 Å². The van der Waals surface area contributed by atoms with Crippen LogP contribution in [0.4, 0.5) is 5.69 Å². The number of aliphatic hydroxyl groups is 1. The Morgan fingerprint density at radius 3 is 3.00 bits per heavy atom. The van der Waals surface area contributed by atoms with Crippen molar-refractivity contribution in [3.63, 3.8) is 0 Å². The number of amidine groups is 1. The Labute approximate surface area is 142 Å². The topological polar surface area (TPSA) is 45.1 Å². The quantitative estimate of drug-likeness (QED) is 0.832. The number of fused-ring (bicyclic) bond motifs is 3. The summed E-state index contributed by atoms with van der Waals surface area (Å²) in [5, 5.41) is 11.9. The Balaban J connectivity index is 0.00000176. The van der Waals surface area contributed by atoms with Gasteiger partial charge < -0.3 is 14.7 Å². The molecule has 4 nitrogen and oxygen atoms in total. The lowest BCUT2D eigenvalue weighted by molar-refractivity contribution is 0.0962. The first-order valence-corrected chi connectivity index (χ1v) is 7.88. The van der Waals surface area contributed by atoms with Gasteiger partial charge in [-0.25, -0.2) is 0 Å². The van der Waals surface area contributed by atoms with Crippen LogP contribution in [0.1, 0.15) is 31.2 Å². The van der Waals surface area contributed by atoms with E-state index in [1.807, 2.05) is 18.2 Å². The number of aliphatic imine (C=N–C) groups is 1. The molecule has 2 aliphatic rings. The zero-order chi connectivity index (χ0) is 14.9. The van der Waals surface area contributed by atoms with E-state index in [9.17, 15) is 5.11 Å². The number of hydrogen-bond donors (Lipinski definition) is 1. The second kappa shape index (κ2) is 7.18. The van der Waals surface area contributed by atoms with E-state index in [0.29, 0.717) is 18.1 Å². The minimum Gasteiger partial charge on any atom is -0.385 e. The molecule has 0 amide bonds. The molecule has 1 atom stereocenters. The van der Waals surface area contributed by atoms with Gasteiger partial charge >= 0.3 is 0 Å². The van der Waals surface area contributed by atoms with Crippen molar-refractivity contribution in [3.8, 4) is 0 Å². The fourth-order valence-corrected chi connectivity index (χ4v) is 3.43. The lowest BCUT2D eigenvalue weighted by atomic mass is 9.89. The van der Waals surface area contributed by atoms with Crippen LogP contribution in [0.5, 0.6) is 0 Å². The lowest BCUT2D eigenvalue weighted by Gasteiger charge is -2.30. The molecule has 0 spiro atoms. The van der Waals surface area contributed by atoms with Gasteiger partial charge in [0.1, 0.15) is 11.4 Å². The molecule has 1 aromatic carbocycles. The SMILES string of the molecule is COCCCCC1(O)C2=NCCCN2c2ccc(Cl)cc21.Cl. The van der Waals surface area contributed by atoms with Crippen LogP contribution in [0.2, 0.25) is 5.02 Å². The molecule has 0 aliphatic carbocycles. The largest absolute Gasteiger partial charge is 0.385 e. The molecule has 22 heavy (non-hydrogen) atoms. The van der Waals surface area contributed by atoms with Crippen molar-refractivity contribution in [2.45, 2.75) is 31.3 Å². The number of ether oxygens (including phenoxy) is 1. The number of anilines is 1. The molecule has 0 radical (unpaired) electrons. The van der Waals surface area contributed by atoms with E-state index in [-0.39, 0.29) is 12.4 Å². The van der Waals surface area contributed by atoms with E-state index in [4.69, 9.17) is 16.3 Å². The summed E-state index contributed by atoms with van der Waals surface area (Å²) in [5.41, 5.74) is 0.939. The number of methoxy groups -OCH3 is 1. The van der Waals surface area contributed by atoms with Crippen molar-refractivity contribution in [1.29, 1.82) is 0 Å². The minimum atomic E-state index is -1.01. The number of rotatable bonds is 5. The Hall–Kier alpha value is -0.810. The molecule has 0 bridgehead atoms. The van der Waals surface area contributed by atoms with E-state index in [1.54, 1.807) is 7.11 Å². The van der Waals surface area contributed by atoms with Crippen molar-refractivity contribution in [2.24, 2.45) is 4.99 Å². The normalized spacial score (nSPS) is 22.7. The molecule has 0 saturated heterocycles. The Morgan fingerprint density at radius 1 is 1.41 bits per heavy atom. The summed E-state index contributed by atoms with van der Waals surface area (Å²) in [6.45, 7) is 2.41. The fourth-order valence-electron chi connectivity index (χ4n) is 3.26. The molecular weight excluding hydrogens is 323 g/mol. The lowest BCUT2D eigenvalue weighted by Crippen LogP contribution is -2.43. The number of nitrogens with zero attached hydrogens (tertiary/aromatic N) is 2. The van der Waals surface area contributed by atoms with Gasteiger partial charge in [-0.3, -0.25) is 4.99 Å². The van der Waals surface area contributed by atoms with E-state index in [1.165, 1.54) is 0 Å². The highest BCUT2D eigenvalue weighted by Gasteiger charge is 2.47. The molecular formula is C16H22Cl2N2O2. The van der Waals surface area contributed by atoms with Crippen LogP contribution in [0, 0.1) is 0 Å². The van der Waals surface area contributed by atoms with Crippen LogP contribution in [-0.4, -0.2) is 37.7 Å². The first kappa shape index (κ1) is 17.5. The van der Waals surface area contributed by atoms with Crippen LogP contribution < -0.4 is 4.90 Å². The highest BCUT2D eigenvalue weighted by Crippen LogP contribution is 2.45. The molecule has 0 fully saturated rings. The first-order chi connectivity index (χ1) is 10.2. The number of benzene rings is 1. The number of halogens is 2. The summed E-state index contributed by atoms with van der Waals surface area (Å²) in [6.07, 6.45) is 3.50. The number of unbranched alkanes of at least 4 members (excludes halogenated alkanes) is 1. The number of hydrogen-bond acceptors (Lipinski definition) is 4. The van der Waals surface area contributed by atoms with Gasteiger partial charge in [0.25, 0.3) is 0 Å². The minimum absolute atomic E-state index is 0. The Kier molecular flexibility index (Phi) is 5.72. The molecule has 2 heterocycles. The molecule has 1 N–H and O–H groups in total. The summed E-state index contributed by atoms with van der Waals surface area (Å²) in [6, 6.07) is 5.75. The van der Waals surface area contributed by atoms with Crippen molar-refractivity contribution < 1.29 is 9.84 Å². The second-order valence-electron chi connectivity index (χ2n) is 5.68. The average molecular weight is 345 g/mol. The maximum Gasteiger partial charge on any atom is 0.149 e. The zero-order valence-electron chi connectivity index (χ0n) is 12.7. The van der Waals surface area contributed by atoms with Gasteiger partial charge in [0, 0.05) is 43.1 Å². The highest BCUT2D eigenvalue weighted by atomic mass is 35.5. The highest BCUT2D eigenvalue weighted by molar-refractivity contribution is 6.31. The van der Waals surface area contributed by atoms with Crippen molar-refractivity contribution >= 4 is 35.5 Å². The molecule has 0 saturated carbocycles. The summed E-state index contributed by atoms with van der Waals surface area (Å²) in [4.78, 5) is 6.75. The summed E-state index contributed by atoms with van der Waals surface area (Å²) in [7, 11) is 1.70. The van der Waals surface area contributed by atoms with Crippen LogP contribution >= 0.6 is 24.0 Å². The maximum atomic E-state index is 11.3. The van der Waals surface area contributed by atoms with Crippen molar-refractivity contribution in [3.05, 3.63) is 28.8 Å². The Bertz CT molecular complexity index is 565. The third-order valence-corrected chi connectivity index (χ3v) is 4.49. The van der Waals surface area contributed by atoms with E-state index >= 15 is 0 Å². The second-order valence-corrected chi connectivity index (χ2v) is 6.12. The Morgan fingerprint density at radius 2 is 2.23 bits per heavy atom. The van der Waals surface area contributed by atoms with Crippen LogP contribution in [0.25, 0.3) is 0 Å². The summed E-state index contributed by atoms with van der Waals surface area (Å²) < 4.78 is 5.09. The van der Waals surface area contributed by atoms with Gasteiger partial charge in [0.15, 0.2) is 0 Å². The van der Waals surface area contributed by atoms with E-state index in [2.05, 4.69) is 9.89 Å². The van der Waals surface area contributed by atoms with Crippen molar-refractivity contribution in [1.82, 2.24) is 0 Å². The standard InChI is InChI=1S/C16H21ClN2O2.ClH/c1-21-10-3-2-7-16(20)13-11-12(17)5-6-14(13)19-9-4-8-18-15(16)19;/h5-6,11,20H,2-4,7-10H2,1H3;1H. The van der Waals surface area contributed by atoms with Gasteiger partial charge in [-0.05, 0) is 43.9 Å². The molecule has 2 aliphatic heterocycles. The first-order valence-electron chi connectivity index (χ1n) is 7.50. The molecule has 1 unspecified atom stereocenters. The third kappa shape index (κ3) is 2.98. The molecule has 122 valence electrons. The predicted octanol–water partition coefficient (Wildman–Crippen LogP) is 3.39.